The van der Waals surface area contributed by atoms with E-state index in [0.717, 1.165) is 11.4 Å². The molecule has 1 N–H and O–H groups in total. The monoisotopic (exact) mass is 302 g/mol. The van der Waals surface area contributed by atoms with Crippen molar-refractivity contribution in [2.24, 2.45) is 5.92 Å². The quantitative estimate of drug-likeness (QED) is 0.848. The molecule has 22 heavy (non-hydrogen) atoms. The summed E-state index contributed by atoms with van der Waals surface area (Å²) in [6.07, 6.45) is 4.78. The Morgan fingerprint density at radius 2 is 2.18 bits per heavy atom. The molecular formula is C16H22N4O2. The molecule has 6 heteroatoms. The molecule has 0 aromatic carbocycles. The van der Waals surface area contributed by atoms with Gasteiger partial charge in [-0.15, -0.1) is 0 Å². The zero-order valence-electron chi connectivity index (χ0n) is 13.2. The van der Waals surface area contributed by atoms with Gasteiger partial charge < -0.3 is 10.1 Å². The first-order chi connectivity index (χ1) is 10.6. The zero-order valence-corrected chi connectivity index (χ0v) is 13.2. The van der Waals surface area contributed by atoms with Crippen molar-refractivity contribution < 1.29 is 9.53 Å². The number of aromatic nitrogens is 3. The summed E-state index contributed by atoms with van der Waals surface area (Å²) in [7, 11) is 0. The molecule has 0 saturated carbocycles. The summed E-state index contributed by atoms with van der Waals surface area (Å²) in [5, 5.41) is 7.01. The van der Waals surface area contributed by atoms with Crippen molar-refractivity contribution in [1.29, 1.82) is 0 Å². The van der Waals surface area contributed by atoms with E-state index >= 15 is 0 Å². The second-order valence-corrected chi connectivity index (χ2v) is 5.56. The van der Waals surface area contributed by atoms with Gasteiger partial charge in [-0.1, -0.05) is 13.8 Å². The fourth-order valence-electron chi connectivity index (χ4n) is 1.85. The van der Waals surface area contributed by atoms with Gasteiger partial charge in [-0.05, 0) is 36.6 Å². The normalized spacial score (nSPS) is 12.4. The minimum absolute atomic E-state index is 0.113. The van der Waals surface area contributed by atoms with Gasteiger partial charge in [0.2, 0.25) is 5.91 Å². The Bertz CT molecular complexity index is 596. The summed E-state index contributed by atoms with van der Waals surface area (Å²) in [4.78, 5) is 16.2. The van der Waals surface area contributed by atoms with E-state index in [1.54, 1.807) is 24.0 Å². The topological polar surface area (TPSA) is 69.0 Å². The van der Waals surface area contributed by atoms with Gasteiger partial charge in [0.1, 0.15) is 6.10 Å². The molecule has 0 aliphatic rings. The number of hydrogen-bond acceptors (Lipinski definition) is 4. The smallest absolute Gasteiger partial charge is 0.249 e. The van der Waals surface area contributed by atoms with Crippen molar-refractivity contribution >= 4 is 5.91 Å². The maximum atomic E-state index is 12.0. The molecule has 0 fully saturated rings. The van der Waals surface area contributed by atoms with Crippen LogP contribution in [-0.4, -0.2) is 33.4 Å². The molecule has 2 heterocycles. The van der Waals surface area contributed by atoms with E-state index < -0.39 is 6.10 Å². The van der Waals surface area contributed by atoms with Gasteiger partial charge >= 0.3 is 0 Å². The van der Waals surface area contributed by atoms with Crippen LogP contribution in [0.1, 0.15) is 26.3 Å². The molecule has 0 radical (unpaired) electrons. The average molecular weight is 302 g/mol. The first kappa shape index (κ1) is 16.2. The van der Waals surface area contributed by atoms with Gasteiger partial charge in [-0.2, -0.15) is 5.10 Å². The van der Waals surface area contributed by atoms with E-state index in [1.165, 1.54) is 0 Å². The van der Waals surface area contributed by atoms with E-state index in [-0.39, 0.29) is 5.91 Å². The first-order valence-corrected chi connectivity index (χ1v) is 7.40. The van der Waals surface area contributed by atoms with Crippen LogP contribution in [0.3, 0.4) is 0 Å². The zero-order chi connectivity index (χ0) is 15.9. The summed E-state index contributed by atoms with van der Waals surface area (Å²) < 4.78 is 7.18. The predicted molar refractivity (Wildman–Crippen MR) is 83.5 cm³/mol. The molecule has 0 unspecified atom stereocenters. The van der Waals surface area contributed by atoms with Crippen molar-refractivity contribution in [1.82, 2.24) is 20.1 Å². The molecule has 6 nitrogen and oxygen atoms in total. The second-order valence-electron chi connectivity index (χ2n) is 5.56. The molecule has 0 bridgehead atoms. The summed E-state index contributed by atoms with van der Waals surface area (Å²) in [6, 6.07) is 5.60. The minimum Gasteiger partial charge on any atom is -0.368 e. The minimum atomic E-state index is -0.449. The van der Waals surface area contributed by atoms with Crippen LogP contribution in [-0.2, 0) is 16.1 Å². The molecule has 1 atom stereocenters. The van der Waals surface area contributed by atoms with Crippen LogP contribution in [0.15, 0.2) is 36.8 Å². The van der Waals surface area contributed by atoms with Crippen LogP contribution in [0, 0.1) is 5.92 Å². The van der Waals surface area contributed by atoms with E-state index in [1.807, 2.05) is 24.4 Å². The molecule has 1 amide bonds. The highest BCUT2D eigenvalue weighted by molar-refractivity contribution is 5.80. The van der Waals surface area contributed by atoms with Gasteiger partial charge in [0, 0.05) is 31.7 Å². The van der Waals surface area contributed by atoms with Gasteiger partial charge in [0.05, 0.1) is 0 Å². The van der Waals surface area contributed by atoms with Crippen LogP contribution in [0.5, 0.6) is 0 Å². The van der Waals surface area contributed by atoms with Crippen LogP contribution >= 0.6 is 0 Å². The Balaban J connectivity index is 1.89. The van der Waals surface area contributed by atoms with Crippen molar-refractivity contribution in [3.63, 3.8) is 0 Å². The highest BCUT2D eigenvalue weighted by Gasteiger charge is 2.13. The largest absolute Gasteiger partial charge is 0.368 e. The number of amides is 1. The average Bonchev–Trinajstić information content (AvgIpc) is 3.05. The lowest BCUT2D eigenvalue weighted by atomic mass is 10.2. The molecular weight excluding hydrogens is 280 g/mol. The number of hydrogen-bond donors (Lipinski definition) is 1. The van der Waals surface area contributed by atoms with E-state index in [4.69, 9.17) is 4.74 Å². The summed E-state index contributed by atoms with van der Waals surface area (Å²) >= 11 is 0. The number of pyridine rings is 1. The van der Waals surface area contributed by atoms with Crippen molar-refractivity contribution in [3.05, 3.63) is 42.4 Å². The number of carbonyl (C=O) groups excluding carboxylic acids is 1. The number of nitrogens with one attached hydrogen (secondary N) is 1. The Hall–Kier alpha value is -2.21. The Morgan fingerprint density at radius 3 is 2.86 bits per heavy atom. The lowest BCUT2D eigenvalue weighted by Gasteiger charge is -2.15. The van der Waals surface area contributed by atoms with Gasteiger partial charge in [-0.3, -0.25) is 4.79 Å². The number of rotatable bonds is 7. The second kappa shape index (κ2) is 7.70. The van der Waals surface area contributed by atoms with Gasteiger partial charge in [0.15, 0.2) is 5.82 Å². The highest BCUT2D eigenvalue weighted by atomic mass is 16.5. The lowest BCUT2D eigenvalue weighted by Crippen LogP contribution is -2.34. The Morgan fingerprint density at radius 1 is 1.36 bits per heavy atom. The molecule has 2 rings (SSSR count). The maximum absolute atomic E-state index is 12.0. The SMILES string of the molecule is CC(C)CO[C@@H](C)C(=O)NCc1ccnc(-n2cccn2)c1. The van der Waals surface area contributed by atoms with Crippen LogP contribution in [0.25, 0.3) is 5.82 Å². The van der Waals surface area contributed by atoms with Crippen molar-refractivity contribution in [2.75, 3.05) is 6.61 Å². The molecule has 0 saturated heterocycles. The van der Waals surface area contributed by atoms with Crippen molar-refractivity contribution in [3.8, 4) is 5.82 Å². The predicted octanol–water partition coefficient (Wildman–Crippen LogP) is 1.94. The number of ether oxygens (including phenoxy) is 1. The van der Waals surface area contributed by atoms with Crippen LogP contribution in [0.2, 0.25) is 0 Å². The maximum Gasteiger partial charge on any atom is 0.249 e. The van der Waals surface area contributed by atoms with Crippen LogP contribution < -0.4 is 5.32 Å². The number of carbonyl (C=O) groups is 1. The fraction of sp³-hybridized carbons (Fsp3) is 0.438. The summed E-state index contributed by atoms with van der Waals surface area (Å²) in [5.74, 6) is 1.02. The summed E-state index contributed by atoms with van der Waals surface area (Å²) in [5.41, 5.74) is 0.963. The summed E-state index contributed by atoms with van der Waals surface area (Å²) in [6.45, 7) is 6.88. The first-order valence-electron chi connectivity index (χ1n) is 7.40. The molecule has 118 valence electrons. The van der Waals surface area contributed by atoms with E-state index in [9.17, 15) is 4.79 Å². The lowest BCUT2D eigenvalue weighted by molar-refractivity contribution is -0.132. The van der Waals surface area contributed by atoms with Gasteiger partial charge in [-0.25, -0.2) is 9.67 Å². The highest BCUT2D eigenvalue weighted by Crippen LogP contribution is 2.06. The molecule has 0 aliphatic heterocycles. The van der Waals surface area contributed by atoms with E-state index in [2.05, 4.69) is 29.2 Å². The third kappa shape index (κ3) is 4.66. The molecule has 2 aromatic rings. The molecule has 2 aromatic heterocycles. The fourth-order valence-corrected chi connectivity index (χ4v) is 1.85. The Labute approximate surface area is 130 Å². The Kier molecular flexibility index (Phi) is 5.66. The van der Waals surface area contributed by atoms with Crippen LogP contribution in [0.4, 0.5) is 0 Å². The molecule has 0 spiro atoms. The number of nitrogens with zero attached hydrogens (tertiary/aromatic N) is 3. The third-order valence-corrected chi connectivity index (χ3v) is 3.06. The van der Waals surface area contributed by atoms with Crippen molar-refractivity contribution in [2.45, 2.75) is 33.4 Å². The standard InChI is InChI=1S/C16H22N4O2/c1-12(2)11-22-13(3)16(21)18-10-14-5-7-17-15(9-14)20-8-4-6-19-20/h4-9,12-13H,10-11H2,1-3H3,(H,18,21)/t13-/m0/s1. The van der Waals surface area contributed by atoms with E-state index in [0.29, 0.717) is 19.1 Å². The molecule has 0 aliphatic carbocycles. The van der Waals surface area contributed by atoms with Gasteiger partial charge in [0.25, 0.3) is 0 Å². The third-order valence-electron chi connectivity index (χ3n) is 3.06.